The van der Waals surface area contributed by atoms with Gasteiger partial charge >= 0.3 is 0 Å². The standard InChI is InChI=1S/C13H15Cl2NO2/c1-13(2,8-17)16-12(18)7-6-9-10(14)4-3-5-11(9)15/h3-7,17H,8H2,1-2H3,(H,16,18)/b7-6+. The SMILES string of the molecule is CC(C)(CO)NC(=O)/C=C/c1c(Cl)cccc1Cl. The fraction of sp³-hybridized carbons (Fsp3) is 0.308. The smallest absolute Gasteiger partial charge is 0.244 e. The number of amides is 1. The van der Waals surface area contributed by atoms with E-state index >= 15 is 0 Å². The lowest BCUT2D eigenvalue weighted by Gasteiger charge is -2.22. The molecular weight excluding hydrogens is 273 g/mol. The molecule has 0 saturated heterocycles. The van der Waals surface area contributed by atoms with E-state index in [4.69, 9.17) is 28.3 Å². The number of benzene rings is 1. The van der Waals surface area contributed by atoms with E-state index in [1.54, 1.807) is 38.1 Å². The van der Waals surface area contributed by atoms with Crippen molar-refractivity contribution in [2.45, 2.75) is 19.4 Å². The van der Waals surface area contributed by atoms with Crippen molar-refractivity contribution in [3.63, 3.8) is 0 Å². The minimum Gasteiger partial charge on any atom is -0.394 e. The molecule has 0 bridgehead atoms. The van der Waals surface area contributed by atoms with E-state index in [-0.39, 0.29) is 12.5 Å². The van der Waals surface area contributed by atoms with Gasteiger partial charge in [0.1, 0.15) is 0 Å². The Hall–Kier alpha value is -1.03. The van der Waals surface area contributed by atoms with Gasteiger partial charge in [-0.3, -0.25) is 4.79 Å². The van der Waals surface area contributed by atoms with Crippen LogP contribution >= 0.6 is 23.2 Å². The lowest BCUT2D eigenvalue weighted by molar-refractivity contribution is -0.118. The van der Waals surface area contributed by atoms with Gasteiger partial charge in [-0.1, -0.05) is 29.3 Å². The normalized spacial score (nSPS) is 11.8. The first-order chi connectivity index (χ1) is 8.35. The maximum atomic E-state index is 11.6. The molecule has 0 radical (unpaired) electrons. The first-order valence-electron chi connectivity index (χ1n) is 5.41. The van der Waals surface area contributed by atoms with Crippen molar-refractivity contribution in [1.29, 1.82) is 0 Å². The van der Waals surface area contributed by atoms with E-state index < -0.39 is 5.54 Å². The second-order valence-electron chi connectivity index (χ2n) is 4.50. The van der Waals surface area contributed by atoms with Crippen LogP contribution in [-0.4, -0.2) is 23.2 Å². The first-order valence-corrected chi connectivity index (χ1v) is 6.16. The minimum atomic E-state index is -0.661. The summed E-state index contributed by atoms with van der Waals surface area (Å²) >= 11 is 11.9. The number of rotatable bonds is 4. The quantitative estimate of drug-likeness (QED) is 0.837. The van der Waals surface area contributed by atoms with Gasteiger partial charge in [0.25, 0.3) is 0 Å². The molecular formula is C13H15Cl2NO2. The van der Waals surface area contributed by atoms with Crippen LogP contribution in [0.2, 0.25) is 10.0 Å². The second-order valence-corrected chi connectivity index (χ2v) is 5.31. The third kappa shape index (κ3) is 4.33. The zero-order valence-corrected chi connectivity index (χ0v) is 11.7. The van der Waals surface area contributed by atoms with Crippen LogP contribution in [-0.2, 0) is 4.79 Å². The molecule has 0 unspecified atom stereocenters. The summed E-state index contributed by atoms with van der Waals surface area (Å²) in [5.41, 5.74) is -0.0658. The molecule has 18 heavy (non-hydrogen) atoms. The molecule has 1 amide bonds. The van der Waals surface area contributed by atoms with Crippen molar-refractivity contribution in [3.05, 3.63) is 39.9 Å². The lowest BCUT2D eigenvalue weighted by atomic mass is 10.1. The van der Waals surface area contributed by atoms with Gasteiger partial charge in [-0.2, -0.15) is 0 Å². The van der Waals surface area contributed by atoms with Crippen molar-refractivity contribution >= 4 is 35.2 Å². The highest BCUT2D eigenvalue weighted by atomic mass is 35.5. The fourth-order valence-corrected chi connectivity index (χ4v) is 1.77. The van der Waals surface area contributed by atoms with E-state index in [1.165, 1.54) is 6.08 Å². The largest absolute Gasteiger partial charge is 0.394 e. The van der Waals surface area contributed by atoms with E-state index in [2.05, 4.69) is 5.32 Å². The molecule has 2 N–H and O–H groups in total. The minimum absolute atomic E-state index is 0.139. The second kappa shape index (κ2) is 6.23. The molecule has 0 aliphatic carbocycles. The molecule has 0 spiro atoms. The third-order valence-corrected chi connectivity index (χ3v) is 2.92. The van der Waals surface area contributed by atoms with Crippen molar-refractivity contribution < 1.29 is 9.90 Å². The third-order valence-electron chi connectivity index (χ3n) is 2.26. The number of nitrogens with one attached hydrogen (secondary N) is 1. The maximum absolute atomic E-state index is 11.6. The zero-order chi connectivity index (χ0) is 13.8. The van der Waals surface area contributed by atoms with Crippen molar-refractivity contribution in [2.75, 3.05) is 6.61 Å². The molecule has 0 atom stereocenters. The molecule has 3 nitrogen and oxygen atoms in total. The van der Waals surface area contributed by atoms with Crippen molar-refractivity contribution in [1.82, 2.24) is 5.32 Å². The summed E-state index contributed by atoms with van der Waals surface area (Å²) in [5.74, 6) is -0.315. The summed E-state index contributed by atoms with van der Waals surface area (Å²) in [6.07, 6.45) is 2.89. The Labute approximate surface area is 116 Å². The zero-order valence-electron chi connectivity index (χ0n) is 10.2. The number of carbonyl (C=O) groups excluding carboxylic acids is 1. The summed E-state index contributed by atoms with van der Waals surface area (Å²) < 4.78 is 0. The number of hydrogen-bond donors (Lipinski definition) is 2. The summed E-state index contributed by atoms with van der Waals surface area (Å²) in [4.78, 5) is 11.6. The molecule has 98 valence electrons. The van der Waals surface area contributed by atoms with Gasteiger partial charge in [0, 0.05) is 21.7 Å². The topological polar surface area (TPSA) is 49.3 Å². The van der Waals surface area contributed by atoms with Crippen molar-refractivity contribution in [2.24, 2.45) is 0 Å². The molecule has 0 saturated carbocycles. The lowest BCUT2D eigenvalue weighted by Crippen LogP contribution is -2.45. The van der Waals surface area contributed by atoms with Crippen LogP contribution in [0.1, 0.15) is 19.4 Å². The van der Waals surface area contributed by atoms with Crippen LogP contribution in [0.4, 0.5) is 0 Å². The first kappa shape index (κ1) is 15.0. The summed E-state index contributed by atoms with van der Waals surface area (Å²) in [6, 6.07) is 5.13. The Morgan fingerprint density at radius 3 is 2.44 bits per heavy atom. The highest BCUT2D eigenvalue weighted by molar-refractivity contribution is 6.37. The maximum Gasteiger partial charge on any atom is 0.244 e. The number of carbonyl (C=O) groups is 1. The van der Waals surface area contributed by atoms with Crippen LogP contribution in [0, 0.1) is 0 Å². The number of halogens is 2. The summed E-state index contributed by atoms with van der Waals surface area (Å²) in [5, 5.41) is 12.6. The molecule has 0 aliphatic heterocycles. The molecule has 1 rings (SSSR count). The van der Waals surface area contributed by atoms with E-state index in [0.29, 0.717) is 15.6 Å². The van der Waals surface area contributed by atoms with Crippen molar-refractivity contribution in [3.8, 4) is 0 Å². The van der Waals surface area contributed by atoms with Crippen LogP contribution < -0.4 is 5.32 Å². The monoisotopic (exact) mass is 287 g/mol. The Kier molecular flexibility index (Phi) is 5.20. The van der Waals surface area contributed by atoms with Crippen LogP contribution in [0.15, 0.2) is 24.3 Å². The Balaban J connectivity index is 2.79. The van der Waals surface area contributed by atoms with E-state index in [0.717, 1.165) is 0 Å². The van der Waals surface area contributed by atoms with Crippen LogP contribution in [0.5, 0.6) is 0 Å². The number of aliphatic hydroxyl groups excluding tert-OH is 1. The highest BCUT2D eigenvalue weighted by Gasteiger charge is 2.17. The predicted octanol–water partition coefficient (Wildman–Crippen LogP) is 2.89. The van der Waals surface area contributed by atoms with Crippen LogP contribution in [0.25, 0.3) is 6.08 Å². The van der Waals surface area contributed by atoms with Crippen LogP contribution in [0.3, 0.4) is 0 Å². The number of hydrogen-bond acceptors (Lipinski definition) is 2. The van der Waals surface area contributed by atoms with E-state index in [9.17, 15) is 4.79 Å². The van der Waals surface area contributed by atoms with Gasteiger partial charge in [0.15, 0.2) is 0 Å². The molecule has 1 aromatic rings. The molecule has 0 heterocycles. The Bertz CT molecular complexity index is 450. The summed E-state index contributed by atoms with van der Waals surface area (Å²) in [7, 11) is 0. The average Bonchev–Trinajstić information content (AvgIpc) is 2.28. The molecule has 0 aromatic heterocycles. The fourth-order valence-electron chi connectivity index (χ4n) is 1.24. The van der Waals surface area contributed by atoms with Gasteiger partial charge in [0.2, 0.25) is 5.91 Å². The van der Waals surface area contributed by atoms with Gasteiger partial charge in [-0.15, -0.1) is 0 Å². The highest BCUT2D eigenvalue weighted by Crippen LogP contribution is 2.25. The Morgan fingerprint density at radius 2 is 1.94 bits per heavy atom. The molecule has 0 aliphatic rings. The predicted molar refractivity (Wildman–Crippen MR) is 74.8 cm³/mol. The summed E-state index contributed by atoms with van der Waals surface area (Å²) in [6.45, 7) is 3.31. The molecule has 1 aromatic carbocycles. The average molecular weight is 288 g/mol. The number of aliphatic hydroxyl groups is 1. The van der Waals surface area contributed by atoms with Gasteiger partial charge in [-0.25, -0.2) is 0 Å². The Morgan fingerprint density at radius 1 is 1.39 bits per heavy atom. The van der Waals surface area contributed by atoms with Gasteiger partial charge in [0.05, 0.1) is 12.1 Å². The van der Waals surface area contributed by atoms with Gasteiger partial charge < -0.3 is 10.4 Å². The molecule has 5 heteroatoms. The molecule has 0 fully saturated rings. The van der Waals surface area contributed by atoms with Gasteiger partial charge in [-0.05, 0) is 32.1 Å². The van der Waals surface area contributed by atoms with E-state index in [1.807, 2.05) is 0 Å².